The number of halogens is 3. The maximum absolute atomic E-state index is 12.7. The molecular weight excluding hydrogens is 483 g/mol. The van der Waals surface area contributed by atoms with E-state index in [1.54, 1.807) is 0 Å². The lowest BCUT2D eigenvalue weighted by atomic mass is 10.0. The van der Waals surface area contributed by atoms with Crippen LogP contribution in [-0.2, 0) is 35.3 Å². The summed E-state index contributed by atoms with van der Waals surface area (Å²) in [5, 5.41) is 11.5. The van der Waals surface area contributed by atoms with Gasteiger partial charge in [-0.1, -0.05) is 6.07 Å². The molecule has 2 heterocycles. The lowest BCUT2D eigenvalue weighted by Crippen LogP contribution is -2.71. The second-order valence-corrected chi connectivity index (χ2v) is 8.60. The molecule has 3 unspecified atom stereocenters. The molecule has 0 bridgehead atoms. The van der Waals surface area contributed by atoms with Crippen molar-refractivity contribution in [1.29, 1.82) is 0 Å². The number of amides is 2. The first-order valence-electron chi connectivity index (χ1n) is 9.71. The zero-order valence-corrected chi connectivity index (χ0v) is 18.7. The minimum absolute atomic E-state index is 0.0489. The summed E-state index contributed by atoms with van der Waals surface area (Å²) in [5.41, 5.74) is 6.50. The van der Waals surface area contributed by atoms with E-state index in [-0.39, 0.29) is 23.7 Å². The highest BCUT2D eigenvalue weighted by Crippen LogP contribution is 2.41. The van der Waals surface area contributed by atoms with E-state index in [1.807, 2.05) is 0 Å². The maximum Gasteiger partial charge on any atom is 0.491 e. The van der Waals surface area contributed by atoms with Crippen molar-refractivity contribution in [2.75, 3.05) is 12.9 Å². The standard InChI is InChI=1S/C20H20F3N3O7S/c1-8-7-34-17-13(16(29)26(17)14(8)18(30)33-19(31)20(21,22)23)25-15(28)12(24)9-3-4-11(27)10(5-9)6-32-2/h3-5,12-13,17,27H,6-7,24H2,1-2H3,(H,25,28). The number of carbonyl (C=O) groups is 4. The number of benzene rings is 1. The van der Waals surface area contributed by atoms with Gasteiger partial charge < -0.3 is 25.6 Å². The number of phenols is 1. The minimum atomic E-state index is -5.38. The van der Waals surface area contributed by atoms with Crippen LogP contribution in [0.2, 0.25) is 0 Å². The number of hydrogen-bond acceptors (Lipinski definition) is 9. The molecule has 1 aromatic carbocycles. The second-order valence-electron chi connectivity index (χ2n) is 7.50. The third-order valence-electron chi connectivity index (χ3n) is 5.11. The average Bonchev–Trinajstić information content (AvgIpc) is 2.77. The van der Waals surface area contributed by atoms with Gasteiger partial charge in [-0.3, -0.25) is 14.5 Å². The number of rotatable bonds is 6. The number of esters is 2. The predicted octanol–water partition coefficient (Wildman–Crippen LogP) is 0.844. The van der Waals surface area contributed by atoms with Crippen molar-refractivity contribution in [3.8, 4) is 5.75 Å². The molecule has 3 atom stereocenters. The van der Waals surface area contributed by atoms with Gasteiger partial charge in [0, 0.05) is 18.4 Å². The Kier molecular flexibility index (Phi) is 7.24. The van der Waals surface area contributed by atoms with E-state index in [4.69, 9.17) is 10.5 Å². The third-order valence-corrected chi connectivity index (χ3v) is 6.54. The predicted molar refractivity (Wildman–Crippen MR) is 111 cm³/mol. The molecule has 2 amide bonds. The van der Waals surface area contributed by atoms with E-state index in [0.717, 1.165) is 4.90 Å². The first-order valence-corrected chi connectivity index (χ1v) is 10.8. The summed E-state index contributed by atoms with van der Waals surface area (Å²) >= 11 is 1.17. The van der Waals surface area contributed by atoms with Crippen LogP contribution >= 0.6 is 11.8 Å². The van der Waals surface area contributed by atoms with Crippen molar-refractivity contribution in [3.05, 3.63) is 40.6 Å². The summed E-state index contributed by atoms with van der Waals surface area (Å²) in [5.74, 6) is -5.69. The van der Waals surface area contributed by atoms with E-state index < -0.39 is 53.1 Å². The van der Waals surface area contributed by atoms with Gasteiger partial charge in [0.05, 0.1) is 6.61 Å². The number of phenolic OH excluding ortho intramolecular Hbond substituents is 1. The molecule has 184 valence electrons. The van der Waals surface area contributed by atoms with E-state index in [1.165, 1.54) is 44.0 Å². The summed E-state index contributed by atoms with van der Waals surface area (Å²) in [6.07, 6.45) is -5.38. The smallest absolute Gasteiger partial charge is 0.491 e. The number of aromatic hydroxyl groups is 1. The molecule has 0 radical (unpaired) electrons. The Balaban J connectivity index is 1.71. The van der Waals surface area contributed by atoms with Crippen LogP contribution in [0.1, 0.15) is 24.1 Å². The summed E-state index contributed by atoms with van der Waals surface area (Å²) < 4.78 is 46.2. The third kappa shape index (κ3) is 4.88. The van der Waals surface area contributed by atoms with Crippen molar-refractivity contribution in [1.82, 2.24) is 10.2 Å². The fraction of sp³-hybridized carbons (Fsp3) is 0.400. The number of nitrogens with one attached hydrogen (secondary N) is 1. The zero-order valence-electron chi connectivity index (χ0n) is 17.8. The molecule has 1 saturated heterocycles. The molecule has 34 heavy (non-hydrogen) atoms. The van der Waals surface area contributed by atoms with Gasteiger partial charge in [-0.05, 0) is 30.2 Å². The number of β-lactam (4-membered cyclic amide) rings is 1. The topological polar surface area (TPSA) is 148 Å². The molecular formula is C20H20F3N3O7S. The van der Waals surface area contributed by atoms with Gasteiger partial charge in [-0.25, -0.2) is 9.59 Å². The van der Waals surface area contributed by atoms with Gasteiger partial charge in [0.2, 0.25) is 5.91 Å². The average molecular weight is 503 g/mol. The lowest BCUT2D eigenvalue weighted by molar-refractivity contribution is -0.201. The highest BCUT2D eigenvalue weighted by atomic mass is 32.2. The van der Waals surface area contributed by atoms with Gasteiger partial charge in [0.1, 0.15) is 28.9 Å². The Labute approximate surface area is 195 Å². The number of thioether (sulfide) groups is 1. The highest BCUT2D eigenvalue weighted by Gasteiger charge is 2.55. The molecule has 2 aliphatic heterocycles. The fourth-order valence-corrected chi connectivity index (χ4v) is 4.71. The number of ether oxygens (including phenoxy) is 2. The normalized spacial score (nSPS) is 20.9. The number of nitrogens with zero attached hydrogens (tertiary/aromatic N) is 1. The first-order chi connectivity index (χ1) is 15.9. The number of fused-ring (bicyclic) bond motifs is 1. The van der Waals surface area contributed by atoms with Crippen molar-refractivity contribution < 1.29 is 46.9 Å². The van der Waals surface area contributed by atoms with Crippen LogP contribution in [0.4, 0.5) is 13.2 Å². The molecule has 4 N–H and O–H groups in total. The number of alkyl halides is 3. The lowest BCUT2D eigenvalue weighted by Gasteiger charge is -2.49. The molecule has 2 aliphatic rings. The van der Waals surface area contributed by atoms with Gasteiger partial charge in [0.25, 0.3) is 5.91 Å². The molecule has 0 saturated carbocycles. The van der Waals surface area contributed by atoms with Crippen LogP contribution in [0.5, 0.6) is 5.75 Å². The maximum atomic E-state index is 12.7. The Morgan fingerprint density at radius 1 is 1.35 bits per heavy atom. The van der Waals surface area contributed by atoms with Crippen LogP contribution in [0.25, 0.3) is 0 Å². The molecule has 0 aromatic heterocycles. The Morgan fingerprint density at radius 2 is 2.03 bits per heavy atom. The van der Waals surface area contributed by atoms with E-state index in [0.29, 0.717) is 11.1 Å². The zero-order chi connectivity index (χ0) is 25.4. The Morgan fingerprint density at radius 3 is 2.65 bits per heavy atom. The molecule has 1 fully saturated rings. The summed E-state index contributed by atoms with van der Waals surface area (Å²) in [6, 6.07) is 1.94. The highest BCUT2D eigenvalue weighted by molar-refractivity contribution is 8.00. The van der Waals surface area contributed by atoms with E-state index in [9.17, 15) is 37.5 Å². The van der Waals surface area contributed by atoms with Crippen molar-refractivity contribution in [2.45, 2.75) is 37.2 Å². The number of methoxy groups -OCH3 is 1. The van der Waals surface area contributed by atoms with Gasteiger partial charge >= 0.3 is 18.1 Å². The molecule has 10 nitrogen and oxygen atoms in total. The number of carbonyl (C=O) groups excluding carboxylic acids is 4. The van der Waals surface area contributed by atoms with Gasteiger partial charge in [-0.2, -0.15) is 13.2 Å². The summed E-state index contributed by atoms with van der Waals surface area (Å²) in [4.78, 5) is 49.5. The van der Waals surface area contributed by atoms with Gasteiger partial charge in [-0.15, -0.1) is 11.8 Å². The molecule has 1 aromatic rings. The quantitative estimate of drug-likeness (QED) is 0.292. The molecule has 0 aliphatic carbocycles. The van der Waals surface area contributed by atoms with Crippen LogP contribution < -0.4 is 11.1 Å². The van der Waals surface area contributed by atoms with E-state index >= 15 is 0 Å². The Hall–Kier alpha value is -3.10. The molecule has 14 heteroatoms. The minimum Gasteiger partial charge on any atom is -0.508 e. The molecule has 3 rings (SSSR count). The second kappa shape index (κ2) is 9.64. The van der Waals surface area contributed by atoms with Crippen LogP contribution in [0.15, 0.2) is 29.5 Å². The van der Waals surface area contributed by atoms with Crippen molar-refractivity contribution in [2.24, 2.45) is 5.73 Å². The fourth-order valence-electron chi connectivity index (χ4n) is 3.42. The largest absolute Gasteiger partial charge is 0.508 e. The van der Waals surface area contributed by atoms with Gasteiger partial charge in [0.15, 0.2) is 0 Å². The summed E-state index contributed by atoms with van der Waals surface area (Å²) in [7, 11) is 1.42. The number of nitrogens with two attached hydrogens (primary N) is 1. The first kappa shape index (κ1) is 25.5. The van der Waals surface area contributed by atoms with Crippen LogP contribution in [0, 0.1) is 0 Å². The van der Waals surface area contributed by atoms with Crippen LogP contribution in [0.3, 0.4) is 0 Å². The van der Waals surface area contributed by atoms with Crippen molar-refractivity contribution >= 4 is 35.5 Å². The number of hydrogen-bond donors (Lipinski definition) is 3. The molecule has 0 spiro atoms. The SMILES string of the molecule is COCc1cc(C(N)C(=O)NC2C(=O)N3C(C(=O)OC(=O)C(F)(F)F)=C(C)CSC23)ccc1O. The van der Waals surface area contributed by atoms with E-state index in [2.05, 4.69) is 10.1 Å². The van der Waals surface area contributed by atoms with Crippen LogP contribution in [-0.4, -0.2) is 64.2 Å². The monoisotopic (exact) mass is 503 g/mol. The summed E-state index contributed by atoms with van der Waals surface area (Å²) in [6.45, 7) is 1.49. The Bertz CT molecular complexity index is 1080. The van der Waals surface area contributed by atoms with Crippen molar-refractivity contribution in [3.63, 3.8) is 0 Å².